The highest BCUT2D eigenvalue weighted by Crippen LogP contribution is 1.88. The molecule has 0 spiro atoms. The summed E-state index contributed by atoms with van der Waals surface area (Å²) in [6.07, 6.45) is 4.54. The number of H-pyrrole nitrogens is 1. The smallest absolute Gasteiger partial charge is 0.166 e. The molecule has 1 aromatic rings. The highest BCUT2D eigenvalue weighted by atomic mass is 32.1. The van der Waals surface area contributed by atoms with Crippen LogP contribution < -0.4 is 16.0 Å². The molecule has 0 fully saturated rings. The zero-order chi connectivity index (χ0) is 10.9. The summed E-state index contributed by atoms with van der Waals surface area (Å²) >= 11 is 4.94. The summed E-state index contributed by atoms with van der Waals surface area (Å²) in [5, 5.41) is 9.95. The normalized spacial score (nSPS) is 9.93. The molecule has 0 aliphatic heterocycles. The van der Waals surface area contributed by atoms with Gasteiger partial charge in [0.2, 0.25) is 0 Å². The number of nitrogens with zero attached hydrogens (tertiary/aromatic N) is 1. The van der Waals surface area contributed by atoms with Crippen LogP contribution in [0.25, 0.3) is 0 Å². The third-order valence-corrected chi connectivity index (χ3v) is 2.26. The second-order valence-corrected chi connectivity index (χ2v) is 3.52. The lowest BCUT2D eigenvalue weighted by Crippen LogP contribution is -2.34. The predicted molar refractivity (Wildman–Crippen MR) is 64.6 cm³/mol. The van der Waals surface area contributed by atoms with Gasteiger partial charge in [0.15, 0.2) is 5.11 Å². The first-order valence-corrected chi connectivity index (χ1v) is 5.37. The molecule has 0 aromatic carbocycles. The molecule has 1 rings (SSSR count). The van der Waals surface area contributed by atoms with Crippen molar-refractivity contribution in [2.45, 2.75) is 13.0 Å². The first kappa shape index (κ1) is 11.9. The number of hydrogen-bond acceptors (Lipinski definition) is 3. The van der Waals surface area contributed by atoms with Crippen molar-refractivity contribution in [2.24, 2.45) is 0 Å². The van der Waals surface area contributed by atoms with Crippen LogP contribution in [0.5, 0.6) is 0 Å². The van der Waals surface area contributed by atoms with E-state index in [1.807, 2.05) is 13.2 Å². The van der Waals surface area contributed by atoms with Crippen LogP contribution >= 0.6 is 12.2 Å². The largest absolute Gasteiger partial charge is 0.366 e. The fraction of sp³-hybridized carbons (Fsp3) is 0.556. The average Bonchev–Trinajstić information content (AvgIpc) is 2.75. The Morgan fingerprint density at radius 1 is 1.53 bits per heavy atom. The summed E-state index contributed by atoms with van der Waals surface area (Å²) in [7, 11) is 1.81. The Balaban J connectivity index is 1.91. The molecule has 0 atom stereocenters. The second-order valence-electron chi connectivity index (χ2n) is 3.11. The van der Waals surface area contributed by atoms with Gasteiger partial charge in [-0.25, -0.2) is 4.98 Å². The van der Waals surface area contributed by atoms with Crippen LogP contribution in [0.15, 0.2) is 12.5 Å². The maximum atomic E-state index is 4.94. The molecule has 1 aromatic heterocycles. The van der Waals surface area contributed by atoms with Gasteiger partial charge < -0.3 is 20.9 Å². The molecular weight excluding hydrogens is 210 g/mol. The van der Waals surface area contributed by atoms with E-state index in [9.17, 15) is 0 Å². The van der Waals surface area contributed by atoms with Gasteiger partial charge in [-0.15, -0.1) is 0 Å². The number of imidazole rings is 1. The summed E-state index contributed by atoms with van der Waals surface area (Å²) in [4.78, 5) is 6.97. The summed E-state index contributed by atoms with van der Waals surface area (Å²) in [6, 6.07) is 0. The molecule has 84 valence electrons. The molecule has 5 nitrogen and oxygen atoms in total. The lowest BCUT2D eigenvalue weighted by Gasteiger charge is -2.07. The van der Waals surface area contributed by atoms with Crippen LogP contribution in [0.3, 0.4) is 0 Å². The Hall–Kier alpha value is -1.14. The number of aromatic nitrogens is 2. The molecule has 6 heteroatoms. The Kier molecular flexibility index (Phi) is 5.72. The third kappa shape index (κ3) is 5.34. The Morgan fingerprint density at radius 2 is 2.40 bits per heavy atom. The number of rotatable bonds is 6. The average molecular weight is 227 g/mol. The van der Waals surface area contributed by atoms with Crippen molar-refractivity contribution >= 4 is 17.3 Å². The topological polar surface area (TPSA) is 64.8 Å². The van der Waals surface area contributed by atoms with Crippen LogP contribution in [0.4, 0.5) is 0 Å². The molecule has 4 N–H and O–H groups in total. The first-order chi connectivity index (χ1) is 7.33. The highest BCUT2D eigenvalue weighted by Gasteiger charge is 1.93. The maximum absolute atomic E-state index is 4.94. The summed E-state index contributed by atoms with van der Waals surface area (Å²) in [5.41, 5.74) is 1.11. The summed E-state index contributed by atoms with van der Waals surface area (Å²) < 4.78 is 0. The van der Waals surface area contributed by atoms with E-state index in [0.29, 0.717) is 5.11 Å². The third-order valence-electron chi connectivity index (χ3n) is 1.91. The van der Waals surface area contributed by atoms with Crippen LogP contribution in [0.1, 0.15) is 12.1 Å². The number of nitrogens with one attached hydrogen (secondary N) is 4. The fourth-order valence-corrected chi connectivity index (χ4v) is 1.21. The number of hydrogen-bond donors (Lipinski definition) is 4. The zero-order valence-corrected chi connectivity index (χ0v) is 9.66. The molecular formula is C9H17N5S. The fourth-order valence-electron chi connectivity index (χ4n) is 1.11. The van der Waals surface area contributed by atoms with Crippen LogP contribution in [0.2, 0.25) is 0 Å². The van der Waals surface area contributed by atoms with Crippen molar-refractivity contribution in [1.29, 1.82) is 0 Å². The van der Waals surface area contributed by atoms with E-state index >= 15 is 0 Å². The highest BCUT2D eigenvalue weighted by molar-refractivity contribution is 7.80. The number of thiocarbonyl (C=S) groups is 1. The molecule has 0 unspecified atom stereocenters. The predicted octanol–water partition coefficient (Wildman–Crippen LogP) is -0.0167. The minimum Gasteiger partial charge on any atom is -0.366 e. The van der Waals surface area contributed by atoms with E-state index < -0.39 is 0 Å². The van der Waals surface area contributed by atoms with E-state index in [0.717, 1.165) is 31.7 Å². The lowest BCUT2D eigenvalue weighted by atomic mass is 10.4. The minimum absolute atomic E-state index is 0.698. The molecule has 0 aliphatic carbocycles. The van der Waals surface area contributed by atoms with Gasteiger partial charge in [0.05, 0.1) is 6.33 Å². The van der Waals surface area contributed by atoms with E-state index in [2.05, 4.69) is 25.9 Å². The SMILES string of the molecule is CNC(=S)NCCCNCc1cnc[nH]1. The van der Waals surface area contributed by atoms with Gasteiger partial charge in [0, 0.05) is 32.0 Å². The Morgan fingerprint density at radius 3 is 3.07 bits per heavy atom. The molecule has 0 bridgehead atoms. The zero-order valence-electron chi connectivity index (χ0n) is 8.84. The van der Waals surface area contributed by atoms with Crippen LogP contribution in [-0.2, 0) is 6.54 Å². The van der Waals surface area contributed by atoms with Gasteiger partial charge in [-0.05, 0) is 25.2 Å². The van der Waals surface area contributed by atoms with Crippen molar-refractivity contribution < 1.29 is 0 Å². The van der Waals surface area contributed by atoms with Crippen LogP contribution in [0, 0.1) is 0 Å². The van der Waals surface area contributed by atoms with Crippen molar-refractivity contribution in [1.82, 2.24) is 25.9 Å². The van der Waals surface area contributed by atoms with E-state index in [-0.39, 0.29) is 0 Å². The molecule has 0 aliphatic rings. The van der Waals surface area contributed by atoms with Crippen molar-refractivity contribution in [3.8, 4) is 0 Å². The van der Waals surface area contributed by atoms with Gasteiger partial charge in [-0.1, -0.05) is 0 Å². The van der Waals surface area contributed by atoms with E-state index in [4.69, 9.17) is 12.2 Å². The van der Waals surface area contributed by atoms with Gasteiger partial charge in [0.1, 0.15) is 0 Å². The maximum Gasteiger partial charge on any atom is 0.166 e. The molecule has 1 heterocycles. The van der Waals surface area contributed by atoms with E-state index in [1.54, 1.807) is 6.33 Å². The van der Waals surface area contributed by atoms with Crippen LogP contribution in [-0.4, -0.2) is 35.2 Å². The number of aromatic amines is 1. The second kappa shape index (κ2) is 7.19. The molecule has 0 radical (unpaired) electrons. The summed E-state index contributed by atoms with van der Waals surface area (Å²) in [6.45, 7) is 2.67. The van der Waals surface area contributed by atoms with Gasteiger partial charge in [-0.3, -0.25) is 0 Å². The molecule has 0 saturated heterocycles. The van der Waals surface area contributed by atoms with Crippen molar-refractivity contribution in [2.75, 3.05) is 20.1 Å². The Bertz CT molecular complexity index is 272. The molecule has 0 amide bonds. The summed E-state index contributed by atoms with van der Waals surface area (Å²) in [5.74, 6) is 0. The standard InChI is InChI=1S/C9H17N5S/c1-10-9(15)13-4-2-3-11-5-8-6-12-7-14-8/h6-7,11H,2-5H2,1H3,(H,12,14)(H2,10,13,15). The molecule has 0 saturated carbocycles. The minimum atomic E-state index is 0.698. The monoisotopic (exact) mass is 227 g/mol. The quantitative estimate of drug-likeness (QED) is 0.406. The van der Waals surface area contributed by atoms with E-state index in [1.165, 1.54) is 0 Å². The van der Waals surface area contributed by atoms with Gasteiger partial charge in [-0.2, -0.15) is 0 Å². The lowest BCUT2D eigenvalue weighted by molar-refractivity contribution is 0.633. The molecule has 15 heavy (non-hydrogen) atoms. The van der Waals surface area contributed by atoms with Gasteiger partial charge in [0.25, 0.3) is 0 Å². The van der Waals surface area contributed by atoms with Gasteiger partial charge >= 0.3 is 0 Å². The first-order valence-electron chi connectivity index (χ1n) is 4.96. The Labute approximate surface area is 95.1 Å². The van der Waals surface area contributed by atoms with Crippen molar-refractivity contribution in [3.63, 3.8) is 0 Å². The van der Waals surface area contributed by atoms with Crippen molar-refractivity contribution in [3.05, 3.63) is 18.2 Å².